The Kier molecular flexibility index (Phi) is 6.35. The van der Waals surface area contributed by atoms with Crippen molar-refractivity contribution in [2.45, 2.75) is 23.5 Å². The highest BCUT2D eigenvalue weighted by Gasteiger charge is 2.24. The van der Waals surface area contributed by atoms with Crippen molar-refractivity contribution >= 4 is 46.3 Å². The number of anilines is 2. The molecular formula is C18H16ClF2N3O3S. The number of thioether (sulfide) groups is 1. The number of nitrogens with one attached hydrogen (secondary N) is 1. The Balaban J connectivity index is 1.88. The van der Waals surface area contributed by atoms with Gasteiger partial charge in [-0.05, 0) is 37.1 Å². The predicted molar refractivity (Wildman–Crippen MR) is 106 cm³/mol. The third kappa shape index (κ3) is 4.53. The van der Waals surface area contributed by atoms with E-state index in [1.54, 1.807) is 6.07 Å². The molecule has 0 spiro atoms. The van der Waals surface area contributed by atoms with Gasteiger partial charge < -0.3 is 10.2 Å². The lowest BCUT2D eigenvalue weighted by Crippen LogP contribution is -2.20. The Morgan fingerprint density at radius 2 is 1.96 bits per heavy atom. The van der Waals surface area contributed by atoms with Crippen LogP contribution in [0.25, 0.3) is 0 Å². The number of rotatable bonds is 6. The fourth-order valence-electron chi connectivity index (χ4n) is 3.05. The van der Waals surface area contributed by atoms with E-state index >= 15 is 0 Å². The van der Waals surface area contributed by atoms with Crippen LogP contribution in [0.2, 0.25) is 5.02 Å². The number of nitrogens with zero attached hydrogens (tertiary/aromatic N) is 2. The summed E-state index contributed by atoms with van der Waals surface area (Å²) in [6.07, 6.45) is 1.91. The summed E-state index contributed by atoms with van der Waals surface area (Å²) in [4.78, 5) is 25.5. The Labute approximate surface area is 169 Å². The average molecular weight is 428 g/mol. The maximum absolute atomic E-state index is 12.8. The van der Waals surface area contributed by atoms with Gasteiger partial charge in [0.05, 0.1) is 20.5 Å². The maximum Gasteiger partial charge on any atom is 0.293 e. The molecule has 1 saturated heterocycles. The van der Waals surface area contributed by atoms with Crippen molar-refractivity contribution in [3.8, 4) is 0 Å². The summed E-state index contributed by atoms with van der Waals surface area (Å²) >= 11 is 6.18. The zero-order chi connectivity index (χ0) is 20.3. The first kappa shape index (κ1) is 20.3. The molecule has 0 saturated carbocycles. The van der Waals surface area contributed by atoms with Gasteiger partial charge >= 0.3 is 0 Å². The minimum Gasteiger partial charge on any atom is -0.366 e. The maximum atomic E-state index is 12.8. The molecule has 28 heavy (non-hydrogen) atoms. The zero-order valence-electron chi connectivity index (χ0n) is 14.5. The fourth-order valence-corrected chi connectivity index (χ4v) is 3.96. The van der Waals surface area contributed by atoms with Crippen LogP contribution < -0.4 is 10.2 Å². The van der Waals surface area contributed by atoms with Crippen molar-refractivity contribution in [3.05, 3.63) is 57.1 Å². The number of hydrogen-bond acceptors (Lipinski definition) is 5. The smallest absolute Gasteiger partial charge is 0.293 e. The van der Waals surface area contributed by atoms with Gasteiger partial charge in [-0.1, -0.05) is 29.4 Å². The number of carbonyl (C=O) groups excluding carboxylic acids is 1. The lowest BCUT2D eigenvalue weighted by atomic mass is 10.1. The van der Waals surface area contributed by atoms with E-state index < -0.39 is 16.6 Å². The molecule has 1 heterocycles. The standard InChI is InChI=1S/C18H16ClF2N3O3S/c19-12-4-3-5-13(16(12)28-18(20)21)22-17(25)11-6-7-14(15(10-11)24(26)27)23-8-1-2-9-23/h3-7,10,18H,1-2,8-9H2,(H,22,25). The van der Waals surface area contributed by atoms with Gasteiger partial charge in [0.1, 0.15) is 5.69 Å². The number of carbonyl (C=O) groups is 1. The van der Waals surface area contributed by atoms with Gasteiger partial charge in [0.15, 0.2) is 0 Å². The second kappa shape index (κ2) is 8.74. The largest absolute Gasteiger partial charge is 0.366 e. The number of benzene rings is 2. The van der Waals surface area contributed by atoms with Crippen LogP contribution in [0.15, 0.2) is 41.3 Å². The quantitative estimate of drug-likeness (QED) is 0.378. The highest BCUT2D eigenvalue weighted by molar-refractivity contribution is 7.99. The molecule has 0 radical (unpaired) electrons. The number of amides is 1. The molecule has 0 aliphatic carbocycles. The first-order valence-corrected chi connectivity index (χ1v) is 9.70. The molecule has 10 heteroatoms. The molecule has 1 aliphatic heterocycles. The lowest BCUT2D eigenvalue weighted by Gasteiger charge is -2.18. The summed E-state index contributed by atoms with van der Waals surface area (Å²) in [5, 5.41) is 14.1. The third-order valence-corrected chi connectivity index (χ3v) is 5.58. The summed E-state index contributed by atoms with van der Waals surface area (Å²) in [6, 6.07) is 8.64. The van der Waals surface area contributed by atoms with Crippen LogP contribution in [-0.4, -0.2) is 29.7 Å². The normalized spacial score (nSPS) is 13.8. The zero-order valence-corrected chi connectivity index (χ0v) is 16.1. The van der Waals surface area contributed by atoms with Crippen molar-refractivity contribution in [3.63, 3.8) is 0 Å². The minimum atomic E-state index is -2.71. The van der Waals surface area contributed by atoms with Crippen molar-refractivity contribution in [2.75, 3.05) is 23.3 Å². The van der Waals surface area contributed by atoms with E-state index in [1.807, 2.05) is 4.90 Å². The number of halogens is 3. The van der Waals surface area contributed by atoms with Crippen LogP contribution in [-0.2, 0) is 0 Å². The summed E-state index contributed by atoms with van der Waals surface area (Å²) in [7, 11) is 0. The average Bonchev–Trinajstić information content (AvgIpc) is 3.18. The minimum absolute atomic E-state index is 0.0377. The van der Waals surface area contributed by atoms with Gasteiger partial charge in [-0.2, -0.15) is 8.78 Å². The van der Waals surface area contributed by atoms with Crippen LogP contribution >= 0.6 is 23.4 Å². The van der Waals surface area contributed by atoms with Crippen molar-refractivity contribution in [1.82, 2.24) is 0 Å². The Hall–Kier alpha value is -2.39. The summed E-state index contributed by atoms with van der Waals surface area (Å²) in [5.41, 5.74) is 0.482. The molecule has 0 atom stereocenters. The van der Waals surface area contributed by atoms with Crippen LogP contribution in [0.5, 0.6) is 0 Å². The van der Waals surface area contributed by atoms with Gasteiger partial charge in [0.2, 0.25) is 0 Å². The Morgan fingerprint density at radius 1 is 1.25 bits per heavy atom. The summed E-state index contributed by atoms with van der Waals surface area (Å²) in [6.45, 7) is 1.45. The van der Waals surface area contributed by atoms with Gasteiger partial charge in [0.25, 0.3) is 17.4 Å². The van der Waals surface area contributed by atoms with E-state index in [9.17, 15) is 23.7 Å². The Morgan fingerprint density at radius 3 is 2.61 bits per heavy atom. The van der Waals surface area contributed by atoms with E-state index in [4.69, 9.17) is 11.6 Å². The molecule has 6 nitrogen and oxygen atoms in total. The number of alkyl halides is 2. The molecule has 0 aromatic heterocycles. The van der Waals surface area contributed by atoms with Gasteiger partial charge in [0, 0.05) is 24.7 Å². The second-order valence-corrected chi connectivity index (χ2v) is 7.51. The molecule has 0 bridgehead atoms. The monoisotopic (exact) mass is 427 g/mol. The predicted octanol–water partition coefficient (Wildman–Crippen LogP) is 5.42. The SMILES string of the molecule is O=C(Nc1cccc(Cl)c1SC(F)F)c1ccc(N2CCCC2)c([N+](=O)[O-])c1. The molecule has 3 rings (SSSR count). The molecule has 0 unspecified atom stereocenters. The van der Waals surface area contributed by atoms with Crippen molar-refractivity contribution in [1.29, 1.82) is 0 Å². The molecule has 1 aliphatic rings. The second-order valence-electron chi connectivity index (χ2n) is 6.10. The molecule has 1 fully saturated rings. The molecule has 2 aromatic rings. The molecule has 148 valence electrons. The molecular weight excluding hydrogens is 412 g/mol. The van der Waals surface area contributed by atoms with Crippen LogP contribution in [0.1, 0.15) is 23.2 Å². The van der Waals surface area contributed by atoms with Crippen LogP contribution in [0.3, 0.4) is 0 Å². The third-order valence-electron chi connectivity index (χ3n) is 4.30. The van der Waals surface area contributed by atoms with E-state index in [2.05, 4.69) is 5.32 Å². The van der Waals surface area contributed by atoms with E-state index in [-0.39, 0.29) is 38.6 Å². The van der Waals surface area contributed by atoms with E-state index in [0.29, 0.717) is 5.69 Å². The Bertz CT molecular complexity index is 908. The van der Waals surface area contributed by atoms with E-state index in [1.165, 1.54) is 30.3 Å². The van der Waals surface area contributed by atoms with Gasteiger partial charge in [-0.15, -0.1) is 0 Å². The number of hydrogen-bond donors (Lipinski definition) is 1. The van der Waals surface area contributed by atoms with Crippen molar-refractivity contribution in [2.24, 2.45) is 0 Å². The number of nitro groups is 1. The lowest BCUT2D eigenvalue weighted by molar-refractivity contribution is -0.384. The van der Waals surface area contributed by atoms with Gasteiger partial charge in [-0.25, -0.2) is 0 Å². The van der Waals surface area contributed by atoms with Gasteiger partial charge in [-0.3, -0.25) is 14.9 Å². The molecule has 2 aromatic carbocycles. The molecule has 1 amide bonds. The topological polar surface area (TPSA) is 75.5 Å². The number of nitro benzene ring substituents is 1. The van der Waals surface area contributed by atoms with Crippen LogP contribution in [0, 0.1) is 10.1 Å². The van der Waals surface area contributed by atoms with E-state index in [0.717, 1.165) is 25.9 Å². The molecule has 1 N–H and O–H groups in total. The first-order valence-electron chi connectivity index (χ1n) is 8.45. The summed E-state index contributed by atoms with van der Waals surface area (Å²) < 4.78 is 25.6. The van der Waals surface area contributed by atoms with Crippen molar-refractivity contribution < 1.29 is 18.5 Å². The fraction of sp³-hybridized carbons (Fsp3) is 0.278. The highest BCUT2D eigenvalue weighted by atomic mass is 35.5. The van der Waals surface area contributed by atoms with Crippen LogP contribution in [0.4, 0.5) is 25.8 Å². The summed E-state index contributed by atoms with van der Waals surface area (Å²) in [5.74, 6) is -3.36. The highest BCUT2D eigenvalue weighted by Crippen LogP contribution is 2.38. The first-order chi connectivity index (χ1) is 13.4.